The molecule has 0 radical (unpaired) electrons. The highest BCUT2D eigenvalue weighted by Crippen LogP contribution is 2.41. The normalized spacial score (nSPS) is 21.2. The third kappa shape index (κ3) is 3.40. The number of halogens is 3. The van der Waals surface area contributed by atoms with Gasteiger partial charge in [-0.1, -0.05) is 6.92 Å². The molecule has 0 saturated carbocycles. The molecule has 3 aliphatic heterocycles. The van der Waals surface area contributed by atoms with Crippen molar-refractivity contribution in [2.45, 2.75) is 38.4 Å². The smallest absolute Gasteiger partial charge is 0.406 e. The van der Waals surface area contributed by atoms with Crippen molar-refractivity contribution in [3.63, 3.8) is 0 Å². The first kappa shape index (κ1) is 18.3. The summed E-state index contributed by atoms with van der Waals surface area (Å²) in [5.41, 5.74) is 1.75. The quantitative estimate of drug-likeness (QED) is 0.668. The minimum absolute atomic E-state index is 0.330. The average Bonchev–Trinajstić information content (AvgIpc) is 3.29. The SMILES string of the molecule is CCC(O)NC1=C2N=CC(C3=NN=CC3)N2c2ccc(OC(F)(F)F)cc2N1. The van der Waals surface area contributed by atoms with Crippen LogP contribution in [-0.4, -0.2) is 41.9 Å². The lowest BCUT2D eigenvalue weighted by Crippen LogP contribution is -2.43. The van der Waals surface area contributed by atoms with Crippen LogP contribution in [0.5, 0.6) is 5.75 Å². The molecular formula is C17H17F3N6O2. The second-order valence-corrected chi connectivity index (χ2v) is 6.31. The molecule has 148 valence electrons. The highest BCUT2D eigenvalue weighted by atomic mass is 19.4. The zero-order valence-corrected chi connectivity index (χ0v) is 14.7. The Bertz CT molecular complexity index is 909. The molecule has 1 aromatic rings. The van der Waals surface area contributed by atoms with E-state index in [1.54, 1.807) is 19.4 Å². The third-order valence-corrected chi connectivity index (χ3v) is 4.40. The highest BCUT2D eigenvalue weighted by Gasteiger charge is 2.38. The Morgan fingerprint density at radius 2 is 2.25 bits per heavy atom. The van der Waals surface area contributed by atoms with E-state index in [4.69, 9.17) is 0 Å². The van der Waals surface area contributed by atoms with Crippen LogP contribution in [0.1, 0.15) is 19.8 Å². The first-order chi connectivity index (χ1) is 13.4. The van der Waals surface area contributed by atoms with E-state index in [9.17, 15) is 18.3 Å². The molecule has 0 amide bonds. The fourth-order valence-corrected chi connectivity index (χ4v) is 3.14. The fraction of sp³-hybridized carbons (Fsp3) is 0.353. The Kier molecular flexibility index (Phi) is 4.46. The number of hydrogen-bond donors (Lipinski definition) is 3. The van der Waals surface area contributed by atoms with Gasteiger partial charge in [-0.05, 0) is 18.6 Å². The van der Waals surface area contributed by atoms with Crippen molar-refractivity contribution in [1.82, 2.24) is 5.32 Å². The zero-order chi connectivity index (χ0) is 19.9. The fourth-order valence-electron chi connectivity index (χ4n) is 3.14. The van der Waals surface area contributed by atoms with Crippen LogP contribution >= 0.6 is 0 Å². The van der Waals surface area contributed by atoms with Gasteiger partial charge in [-0.25, -0.2) is 4.99 Å². The summed E-state index contributed by atoms with van der Waals surface area (Å²) in [6.07, 6.45) is -1.30. The maximum absolute atomic E-state index is 12.6. The number of benzene rings is 1. The Labute approximate surface area is 158 Å². The van der Waals surface area contributed by atoms with E-state index in [0.717, 1.165) is 5.71 Å². The van der Waals surface area contributed by atoms with Crippen molar-refractivity contribution >= 4 is 29.5 Å². The van der Waals surface area contributed by atoms with Crippen molar-refractivity contribution < 1.29 is 23.0 Å². The zero-order valence-electron chi connectivity index (χ0n) is 14.7. The van der Waals surface area contributed by atoms with Gasteiger partial charge in [0.1, 0.15) is 23.8 Å². The second kappa shape index (κ2) is 6.82. The van der Waals surface area contributed by atoms with Crippen LogP contribution in [0.3, 0.4) is 0 Å². The monoisotopic (exact) mass is 394 g/mol. The number of aliphatic hydroxyl groups excluding tert-OH is 1. The van der Waals surface area contributed by atoms with Crippen LogP contribution in [0.4, 0.5) is 24.5 Å². The Morgan fingerprint density at radius 1 is 1.43 bits per heavy atom. The lowest BCUT2D eigenvalue weighted by atomic mass is 10.1. The number of ether oxygens (including phenoxy) is 1. The summed E-state index contributed by atoms with van der Waals surface area (Å²) >= 11 is 0. The molecule has 4 rings (SSSR count). The van der Waals surface area contributed by atoms with Gasteiger partial charge in [-0.2, -0.15) is 10.2 Å². The number of nitrogens with zero attached hydrogens (tertiary/aromatic N) is 4. The van der Waals surface area contributed by atoms with E-state index in [0.29, 0.717) is 35.9 Å². The lowest BCUT2D eigenvalue weighted by molar-refractivity contribution is -0.274. The van der Waals surface area contributed by atoms with Crippen molar-refractivity contribution in [3.8, 4) is 5.75 Å². The van der Waals surface area contributed by atoms with Crippen molar-refractivity contribution in [3.05, 3.63) is 29.8 Å². The second-order valence-electron chi connectivity index (χ2n) is 6.31. The van der Waals surface area contributed by atoms with Crippen LogP contribution in [0.25, 0.3) is 0 Å². The van der Waals surface area contributed by atoms with Crippen LogP contribution < -0.4 is 20.3 Å². The van der Waals surface area contributed by atoms with E-state index in [2.05, 4.69) is 30.6 Å². The molecule has 2 unspecified atom stereocenters. The summed E-state index contributed by atoms with van der Waals surface area (Å²) in [4.78, 5) is 6.26. The standard InChI is InChI=1S/C17H17F3N6O2/c1-2-14(27)24-15-16-21-8-13(10-5-6-22-25-10)26(16)12-4-3-9(7-11(12)23-15)28-17(18,19)20/h3-4,6-8,13-14,23-24,27H,2,5H2,1H3. The maximum atomic E-state index is 12.6. The van der Waals surface area contributed by atoms with Crippen LogP contribution in [-0.2, 0) is 0 Å². The van der Waals surface area contributed by atoms with Crippen molar-refractivity contribution in [2.75, 3.05) is 10.2 Å². The minimum atomic E-state index is -4.79. The summed E-state index contributed by atoms with van der Waals surface area (Å²) < 4.78 is 41.8. The largest absolute Gasteiger partial charge is 0.573 e. The number of fused-ring (bicyclic) bond motifs is 3. The van der Waals surface area contributed by atoms with Gasteiger partial charge in [-0.3, -0.25) is 0 Å². The molecule has 28 heavy (non-hydrogen) atoms. The molecule has 1 aromatic carbocycles. The molecule has 3 heterocycles. The Morgan fingerprint density at radius 3 is 2.93 bits per heavy atom. The average molecular weight is 394 g/mol. The molecule has 0 aliphatic carbocycles. The molecule has 3 N–H and O–H groups in total. The van der Waals surface area contributed by atoms with Crippen LogP contribution in [0, 0.1) is 0 Å². The van der Waals surface area contributed by atoms with Gasteiger partial charge < -0.3 is 25.4 Å². The van der Waals surface area contributed by atoms with E-state index < -0.39 is 12.6 Å². The first-order valence-corrected chi connectivity index (χ1v) is 8.63. The van der Waals surface area contributed by atoms with E-state index in [-0.39, 0.29) is 11.8 Å². The highest BCUT2D eigenvalue weighted by molar-refractivity contribution is 6.14. The predicted molar refractivity (Wildman–Crippen MR) is 98.5 cm³/mol. The summed E-state index contributed by atoms with van der Waals surface area (Å²) in [6, 6.07) is 3.69. The molecule has 0 saturated heterocycles. The molecule has 2 atom stereocenters. The van der Waals surface area contributed by atoms with E-state index in [1.165, 1.54) is 18.2 Å². The van der Waals surface area contributed by atoms with E-state index >= 15 is 0 Å². The number of rotatable bonds is 5. The number of anilines is 2. The summed E-state index contributed by atoms with van der Waals surface area (Å²) in [6.45, 7) is 1.79. The molecule has 11 heteroatoms. The van der Waals surface area contributed by atoms with Gasteiger partial charge in [0.15, 0.2) is 5.82 Å². The van der Waals surface area contributed by atoms with Crippen LogP contribution in [0.2, 0.25) is 0 Å². The summed E-state index contributed by atoms with van der Waals surface area (Å²) in [5, 5.41) is 23.9. The number of aliphatic imine (C=N–C) groups is 1. The van der Waals surface area contributed by atoms with Crippen molar-refractivity contribution in [1.29, 1.82) is 0 Å². The number of hydrogen-bond acceptors (Lipinski definition) is 8. The summed E-state index contributed by atoms with van der Waals surface area (Å²) in [7, 11) is 0. The number of aliphatic hydroxyl groups is 1. The van der Waals surface area contributed by atoms with Gasteiger partial charge in [-0.15, -0.1) is 13.2 Å². The minimum Gasteiger partial charge on any atom is -0.406 e. The molecule has 8 nitrogen and oxygen atoms in total. The lowest BCUT2D eigenvalue weighted by Gasteiger charge is -2.35. The topological polar surface area (TPSA) is 93.8 Å². The Balaban J connectivity index is 1.73. The molecule has 0 fully saturated rings. The molecule has 0 aromatic heterocycles. The number of alkyl halides is 3. The van der Waals surface area contributed by atoms with Crippen LogP contribution in [0.15, 0.2) is 45.0 Å². The molecular weight excluding hydrogens is 377 g/mol. The predicted octanol–water partition coefficient (Wildman–Crippen LogP) is 2.55. The van der Waals surface area contributed by atoms with Gasteiger partial charge in [0, 0.05) is 24.9 Å². The third-order valence-electron chi connectivity index (χ3n) is 4.40. The Hall–Kier alpha value is -3.08. The van der Waals surface area contributed by atoms with Gasteiger partial charge >= 0.3 is 6.36 Å². The van der Waals surface area contributed by atoms with E-state index in [1.807, 2.05) is 4.90 Å². The van der Waals surface area contributed by atoms with Crippen molar-refractivity contribution in [2.24, 2.45) is 15.2 Å². The first-order valence-electron chi connectivity index (χ1n) is 8.63. The molecule has 0 spiro atoms. The van der Waals surface area contributed by atoms with Gasteiger partial charge in [0.25, 0.3) is 0 Å². The number of nitrogens with one attached hydrogen (secondary N) is 2. The van der Waals surface area contributed by atoms with Gasteiger partial charge in [0.05, 0.1) is 17.1 Å². The molecule has 3 aliphatic rings. The van der Waals surface area contributed by atoms with Gasteiger partial charge in [0.2, 0.25) is 0 Å². The maximum Gasteiger partial charge on any atom is 0.573 e. The summed E-state index contributed by atoms with van der Waals surface area (Å²) in [5.74, 6) is 0.532. The molecule has 0 bridgehead atoms.